The summed E-state index contributed by atoms with van der Waals surface area (Å²) in [6.07, 6.45) is 3.96. The Morgan fingerprint density at radius 1 is 1.21 bits per heavy atom. The molecule has 0 saturated carbocycles. The van der Waals surface area contributed by atoms with Gasteiger partial charge in [0.25, 0.3) is 0 Å². The average molecular weight is 408 g/mol. The van der Waals surface area contributed by atoms with Crippen molar-refractivity contribution in [2.75, 3.05) is 12.4 Å². The molecule has 0 unspecified atom stereocenters. The quantitative estimate of drug-likeness (QED) is 0.452. The van der Waals surface area contributed by atoms with Crippen molar-refractivity contribution in [2.45, 2.75) is 16.6 Å². The lowest BCUT2D eigenvalue weighted by atomic mass is 10.2. The third-order valence-electron chi connectivity index (χ3n) is 4.23. The van der Waals surface area contributed by atoms with Gasteiger partial charge in [0, 0.05) is 24.7 Å². The van der Waals surface area contributed by atoms with Crippen LogP contribution >= 0.6 is 23.1 Å². The zero-order valence-corrected chi connectivity index (χ0v) is 16.8. The minimum absolute atomic E-state index is 0.673. The Morgan fingerprint density at radius 3 is 2.86 bits per heavy atom. The second-order valence-electron chi connectivity index (χ2n) is 6.00. The number of thioether (sulfide) groups is 1. The molecule has 0 saturated heterocycles. The number of methoxy groups -OCH3 is 1. The summed E-state index contributed by atoms with van der Waals surface area (Å²) in [6, 6.07) is 16.1. The van der Waals surface area contributed by atoms with Crippen molar-refractivity contribution >= 4 is 33.7 Å². The van der Waals surface area contributed by atoms with Crippen LogP contribution in [-0.2, 0) is 12.3 Å². The Labute approximate surface area is 170 Å². The van der Waals surface area contributed by atoms with E-state index in [0.29, 0.717) is 12.3 Å². The number of nitrogens with zero attached hydrogens (tertiary/aromatic N) is 4. The number of pyridine rings is 1. The number of nitriles is 1. The average Bonchev–Trinajstić information content (AvgIpc) is 3.34. The van der Waals surface area contributed by atoms with Crippen molar-refractivity contribution < 1.29 is 4.74 Å². The lowest BCUT2D eigenvalue weighted by Gasteiger charge is -2.03. The number of nitrogens with one attached hydrogen (secondary N) is 1. The molecule has 0 fully saturated rings. The van der Waals surface area contributed by atoms with Crippen LogP contribution < -0.4 is 10.1 Å². The van der Waals surface area contributed by atoms with Crippen LogP contribution in [0.15, 0.2) is 59.2 Å². The molecule has 4 rings (SSSR count). The maximum Gasteiger partial charge on any atom is 0.206 e. The Hall–Kier alpha value is -3.02. The van der Waals surface area contributed by atoms with E-state index >= 15 is 0 Å². The zero-order valence-electron chi connectivity index (χ0n) is 15.1. The molecule has 8 heteroatoms. The molecular weight excluding hydrogens is 390 g/mol. The SMILES string of the molecule is COc1ccc(CNc2nnc(SCc3cn4ccccc4c3C#N)s2)cc1. The third kappa shape index (κ3) is 3.96. The maximum absolute atomic E-state index is 9.50. The minimum Gasteiger partial charge on any atom is -0.497 e. The summed E-state index contributed by atoms with van der Waals surface area (Å²) in [4.78, 5) is 0. The first kappa shape index (κ1) is 18.3. The van der Waals surface area contributed by atoms with Gasteiger partial charge in [0.2, 0.25) is 5.13 Å². The monoisotopic (exact) mass is 407 g/mol. The molecule has 6 nitrogen and oxygen atoms in total. The molecule has 0 atom stereocenters. The number of anilines is 1. The molecule has 140 valence electrons. The molecule has 0 radical (unpaired) electrons. The first-order chi connectivity index (χ1) is 13.8. The number of fused-ring (bicyclic) bond motifs is 1. The van der Waals surface area contributed by atoms with E-state index in [1.807, 2.05) is 59.3 Å². The summed E-state index contributed by atoms with van der Waals surface area (Å²) < 4.78 is 8.02. The highest BCUT2D eigenvalue weighted by Crippen LogP contribution is 2.30. The molecule has 0 aliphatic carbocycles. The van der Waals surface area contributed by atoms with Crippen LogP contribution in [0.5, 0.6) is 5.75 Å². The van der Waals surface area contributed by atoms with E-state index in [1.54, 1.807) is 18.9 Å². The van der Waals surface area contributed by atoms with E-state index in [0.717, 1.165) is 37.4 Å². The number of benzene rings is 1. The topological polar surface area (TPSA) is 75.2 Å². The van der Waals surface area contributed by atoms with Gasteiger partial charge in [0.15, 0.2) is 4.34 Å². The Balaban J connectivity index is 1.38. The Kier molecular flexibility index (Phi) is 5.46. The highest BCUT2D eigenvalue weighted by atomic mass is 32.2. The fourth-order valence-corrected chi connectivity index (χ4v) is 4.53. The summed E-state index contributed by atoms with van der Waals surface area (Å²) in [5.74, 6) is 1.52. The molecule has 0 spiro atoms. The van der Waals surface area contributed by atoms with Crippen LogP contribution in [0.25, 0.3) is 5.52 Å². The molecule has 0 aliphatic rings. The maximum atomic E-state index is 9.50. The summed E-state index contributed by atoms with van der Waals surface area (Å²) in [5, 5.41) is 22.0. The summed E-state index contributed by atoms with van der Waals surface area (Å²) in [7, 11) is 1.66. The van der Waals surface area contributed by atoms with Crippen molar-refractivity contribution in [1.29, 1.82) is 5.26 Å². The van der Waals surface area contributed by atoms with Crippen LogP contribution in [0.1, 0.15) is 16.7 Å². The van der Waals surface area contributed by atoms with E-state index in [-0.39, 0.29) is 0 Å². The highest BCUT2D eigenvalue weighted by Gasteiger charge is 2.12. The van der Waals surface area contributed by atoms with Crippen LogP contribution in [0.4, 0.5) is 5.13 Å². The van der Waals surface area contributed by atoms with Crippen LogP contribution in [0.2, 0.25) is 0 Å². The second kappa shape index (κ2) is 8.33. The van der Waals surface area contributed by atoms with E-state index in [2.05, 4.69) is 21.6 Å². The molecule has 0 bridgehead atoms. The predicted molar refractivity (Wildman–Crippen MR) is 112 cm³/mol. The van der Waals surface area contributed by atoms with Gasteiger partial charge in [-0.1, -0.05) is 41.3 Å². The summed E-state index contributed by atoms with van der Waals surface area (Å²) in [6.45, 7) is 0.673. The predicted octanol–water partition coefficient (Wildman–Crippen LogP) is 4.58. The van der Waals surface area contributed by atoms with Crippen molar-refractivity contribution in [3.8, 4) is 11.8 Å². The van der Waals surface area contributed by atoms with Gasteiger partial charge >= 0.3 is 0 Å². The number of aromatic nitrogens is 3. The van der Waals surface area contributed by atoms with E-state index < -0.39 is 0 Å². The highest BCUT2D eigenvalue weighted by molar-refractivity contribution is 8.00. The second-order valence-corrected chi connectivity index (χ2v) is 8.20. The molecular formula is C20H17N5OS2. The molecule has 0 amide bonds. The molecule has 3 heterocycles. The van der Waals surface area contributed by atoms with E-state index in [9.17, 15) is 5.26 Å². The zero-order chi connectivity index (χ0) is 19.3. The van der Waals surface area contributed by atoms with E-state index in [4.69, 9.17) is 4.74 Å². The normalized spacial score (nSPS) is 10.7. The Morgan fingerprint density at radius 2 is 2.07 bits per heavy atom. The molecule has 28 heavy (non-hydrogen) atoms. The number of ether oxygens (including phenoxy) is 1. The fourth-order valence-electron chi connectivity index (χ4n) is 2.82. The molecule has 1 N–H and O–H groups in total. The van der Waals surface area contributed by atoms with Crippen molar-refractivity contribution in [3.05, 3.63) is 71.5 Å². The van der Waals surface area contributed by atoms with Crippen LogP contribution in [-0.4, -0.2) is 21.7 Å². The van der Waals surface area contributed by atoms with Gasteiger partial charge in [0.1, 0.15) is 11.8 Å². The Bertz CT molecular complexity index is 1130. The largest absolute Gasteiger partial charge is 0.497 e. The number of hydrogen-bond donors (Lipinski definition) is 1. The van der Waals surface area contributed by atoms with Gasteiger partial charge in [-0.15, -0.1) is 10.2 Å². The number of rotatable bonds is 7. The first-order valence-electron chi connectivity index (χ1n) is 8.58. The summed E-state index contributed by atoms with van der Waals surface area (Å²) >= 11 is 3.10. The third-order valence-corrected chi connectivity index (χ3v) is 6.30. The fraction of sp³-hybridized carbons (Fsp3) is 0.150. The standard InChI is InChI=1S/C20H17N5OS2/c1-26-16-7-5-14(6-8-16)11-22-19-23-24-20(28-19)27-13-15-12-25-9-3-2-4-18(25)17(15)10-21/h2-9,12H,11,13H2,1H3,(H,22,23). The van der Waals surface area contributed by atoms with E-state index in [1.165, 1.54) is 11.3 Å². The number of hydrogen-bond acceptors (Lipinski definition) is 7. The summed E-state index contributed by atoms with van der Waals surface area (Å²) in [5.41, 5.74) is 3.79. The molecule has 1 aromatic carbocycles. The van der Waals surface area contributed by atoms with Gasteiger partial charge in [-0.05, 0) is 35.4 Å². The van der Waals surface area contributed by atoms with Crippen molar-refractivity contribution in [3.63, 3.8) is 0 Å². The van der Waals surface area contributed by atoms with Crippen molar-refractivity contribution in [1.82, 2.24) is 14.6 Å². The van der Waals surface area contributed by atoms with Gasteiger partial charge in [0.05, 0.1) is 18.2 Å². The molecule has 4 aromatic rings. The first-order valence-corrected chi connectivity index (χ1v) is 10.4. The van der Waals surface area contributed by atoms with Crippen molar-refractivity contribution in [2.24, 2.45) is 0 Å². The smallest absolute Gasteiger partial charge is 0.206 e. The van der Waals surface area contributed by atoms with Gasteiger partial charge in [-0.2, -0.15) is 5.26 Å². The molecule has 0 aliphatic heterocycles. The van der Waals surface area contributed by atoms with Gasteiger partial charge in [-0.3, -0.25) is 0 Å². The van der Waals surface area contributed by atoms with Gasteiger partial charge in [-0.25, -0.2) is 0 Å². The lowest BCUT2D eigenvalue weighted by molar-refractivity contribution is 0.414. The molecule has 3 aromatic heterocycles. The van der Waals surface area contributed by atoms with Gasteiger partial charge < -0.3 is 14.5 Å². The lowest BCUT2D eigenvalue weighted by Crippen LogP contribution is -1.98. The van der Waals surface area contributed by atoms with Crippen LogP contribution in [0.3, 0.4) is 0 Å². The van der Waals surface area contributed by atoms with Crippen LogP contribution in [0, 0.1) is 11.3 Å². The minimum atomic E-state index is 0.673.